The summed E-state index contributed by atoms with van der Waals surface area (Å²) in [4.78, 5) is 2.23. The van der Waals surface area contributed by atoms with E-state index >= 15 is 0 Å². The third-order valence-electron chi connectivity index (χ3n) is 10.8. The Morgan fingerprint density at radius 1 is 0.519 bits per heavy atom. The molecule has 6 aromatic carbocycles. The van der Waals surface area contributed by atoms with Crippen molar-refractivity contribution < 1.29 is 15.7 Å². The highest BCUT2D eigenvalue weighted by molar-refractivity contribution is 6.99. The summed E-state index contributed by atoms with van der Waals surface area (Å²) in [7, 11) is 0. The normalized spacial score (nSPS) is 16.1. The van der Waals surface area contributed by atoms with Gasteiger partial charge in [0.2, 0.25) is 0 Å². The summed E-state index contributed by atoms with van der Waals surface area (Å²) in [6.45, 7) is 19.6. The van der Waals surface area contributed by atoms with Crippen molar-refractivity contribution in [2.45, 2.75) is 78.6 Å². The van der Waals surface area contributed by atoms with E-state index in [0.29, 0.717) is 17.2 Å². The molecule has 2 aliphatic rings. The highest BCUT2D eigenvalue weighted by Crippen LogP contribution is 2.44. The highest BCUT2D eigenvalue weighted by Gasteiger charge is 2.43. The molecule has 0 saturated carbocycles. The van der Waals surface area contributed by atoms with Crippen molar-refractivity contribution in [2.24, 2.45) is 0 Å². The zero-order valence-electron chi connectivity index (χ0n) is 39.3. The molecule has 0 bridgehead atoms. The Balaban J connectivity index is 1.45. The smallest absolute Gasteiger partial charge is 0.256 e. The van der Waals surface area contributed by atoms with E-state index in [-0.39, 0.29) is 68.9 Å². The van der Waals surface area contributed by atoms with Crippen molar-refractivity contribution in [1.29, 1.82) is 0 Å². The minimum atomic E-state index is -0.479. The fourth-order valence-electron chi connectivity index (χ4n) is 7.87. The molecule has 4 heteroatoms. The summed E-state index contributed by atoms with van der Waals surface area (Å²) in [5.41, 5.74) is 9.52. The number of para-hydroxylation sites is 2. The van der Waals surface area contributed by atoms with Crippen molar-refractivity contribution >= 4 is 62.0 Å². The molecule has 2 aliphatic heterocycles. The lowest BCUT2D eigenvalue weighted by atomic mass is 9.33. The van der Waals surface area contributed by atoms with Gasteiger partial charge in [0.1, 0.15) is 11.5 Å². The van der Waals surface area contributed by atoms with E-state index in [2.05, 4.69) is 122 Å². The number of hydrogen-bond acceptors (Lipinski definition) is 2. The number of aromatic nitrogens is 1. The van der Waals surface area contributed by atoms with Crippen LogP contribution in [0, 0.1) is 0 Å². The summed E-state index contributed by atoms with van der Waals surface area (Å²) in [6.07, 6.45) is 0. The largest absolute Gasteiger partial charge is 0.458 e. The van der Waals surface area contributed by atoms with E-state index in [9.17, 15) is 2.74 Å². The maximum absolute atomic E-state index is 9.24. The zero-order chi connectivity index (χ0) is 43.3. The topological polar surface area (TPSA) is 17.4 Å². The highest BCUT2D eigenvalue weighted by atomic mass is 16.5. The summed E-state index contributed by atoms with van der Waals surface area (Å²) < 4.78 is 79.8. The van der Waals surface area contributed by atoms with Crippen molar-refractivity contribution in [3.8, 4) is 17.2 Å². The van der Waals surface area contributed by atoms with Gasteiger partial charge in [0.15, 0.2) is 0 Å². The lowest BCUT2D eigenvalue weighted by Crippen LogP contribution is -2.60. The molecule has 0 saturated heterocycles. The van der Waals surface area contributed by atoms with Crippen LogP contribution in [-0.2, 0) is 16.2 Å². The van der Waals surface area contributed by atoms with Gasteiger partial charge in [0, 0.05) is 33.9 Å². The second-order valence-electron chi connectivity index (χ2n) is 17.4. The lowest BCUT2D eigenvalue weighted by Gasteiger charge is -2.41. The van der Waals surface area contributed by atoms with Crippen LogP contribution < -0.4 is 26.0 Å². The third-order valence-corrected chi connectivity index (χ3v) is 10.8. The molecule has 52 heavy (non-hydrogen) atoms. The Morgan fingerprint density at radius 2 is 1.06 bits per heavy atom. The molecule has 0 fully saturated rings. The molecule has 7 aromatic rings. The molecule has 0 atom stereocenters. The van der Waals surface area contributed by atoms with Crippen LogP contribution in [0.4, 0.5) is 17.1 Å². The van der Waals surface area contributed by atoms with Gasteiger partial charge in [-0.05, 0) is 91.7 Å². The van der Waals surface area contributed by atoms with Crippen LogP contribution in [0.1, 0.15) is 90.0 Å². The number of nitrogens with zero attached hydrogens (tertiary/aromatic N) is 2. The molecule has 0 aliphatic carbocycles. The molecular weight excluding hydrogens is 631 g/mol. The number of anilines is 3. The van der Waals surface area contributed by atoms with Gasteiger partial charge in [-0.3, -0.25) is 0 Å². The Kier molecular flexibility index (Phi) is 5.33. The predicted octanol–water partition coefficient (Wildman–Crippen LogP) is 11.1. The van der Waals surface area contributed by atoms with Gasteiger partial charge < -0.3 is 14.2 Å². The minimum absolute atomic E-state index is 0.0305. The van der Waals surface area contributed by atoms with Crippen LogP contribution >= 0.6 is 0 Å². The van der Waals surface area contributed by atoms with Crippen molar-refractivity contribution in [2.75, 3.05) is 4.90 Å². The molecule has 3 nitrogen and oxygen atoms in total. The maximum Gasteiger partial charge on any atom is 0.256 e. The molecule has 0 N–H and O–H groups in total. The third kappa shape index (κ3) is 5.02. The van der Waals surface area contributed by atoms with Crippen LogP contribution in [0.15, 0.2) is 121 Å². The molecule has 0 unspecified atom stereocenters. The van der Waals surface area contributed by atoms with Gasteiger partial charge in [0.05, 0.1) is 27.7 Å². The molecule has 3 heterocycles. The molecule has 258 valence electrons. The first kappa shape index (κ1) is 24.9. The van der Waals surface area contributed by atoms with Crippen LogP contribution in [0.3, 0.4) is 0 Å². The first-order chi connectivity index (χ1) is 28.0. The van der Waals surface area contributed by atoms with Crippen molar-refractivity contribution in [1.82, 2.24) is 4.57 Å². The summed E-state index contributed by atoms with van der Waals surface area (Å²) in [6, 6.07) is 22.2. The van der Waals surface area contributed by atoms with Gasteiger partial charge in [0.25, 0.3) is 6.71 Å². The molecule has 0 amide bonds. The van der Waals surface area contributed by atoms with Gasteiger partial charge in [-0.2, -0.15) is 0 Å². The number of benzene rings is 6. The molecule has 1 aromatic heterocycles. The first-order valence-electron chi connectivity index (χ1n) is 22.1. The van der Waals surface area contributed by atoms with Crippen LogP contribution in [-0.4, -0.2) is 11.3 Å². The summed E-state index contributed by atoms with van der Waals surface area (Å²) in [5, 5.41) is 0.0609. The summed E-state index contributed by atoms with van der Waals surface area (Å²) in [5.74, 6) is 1.24. The molecule has 0 radical (unpaired) electrons. The van der Waals surface area contributed by atoms with Crippen molar-refractivity contribution in [3.05, 3.63) is 138 Å². The number of rotatable bonds is 2. The maximum atomic E-state index is 9.24. The Morgan fingerprint density at radius 3 is 1.65 bits per heavy atom. The van der Waals surface area contributed by atoms with E-state index in [1.807, 2.05) is 18.2 Å². The number of fused-ring (bicyclic) bond motifs is 7. The molecule has 9 rings (SSSR count). The van der Waals surface area contributed by atoms with E-state index < -0.39 is 24.2 Å². The van der Waals surface area contributed by atoms with E-state index in [1.165, 1.54) is 16.7 Å². The number of ether oxygens (including phenoxy) is 1. The second kappa shape index (κ2) is 11.1. The monoisotopic (exact) mass is 686 g/mol. The average Bonchev–Trinajstić information content (AvgIpc) is 3.55. The van der Waals surface area contributed by atoms with E-state index in [1.54, 1.807) is 4.57 Å². The Hall–Kier alpha value is -5.22. The van der Waals surface area contributed by atoms with Gasteiger partial charge in [-0.15, -0.1) is 0 Å². The standard InChI is InChI=1S/C48H47BN2O/c1-46(2,3)30-18-22-33(23-19-30)50-41-24-20-31(47(4,5)6)26-37(41)49-38-27-32(48(7,8)9)21-25-43(38)52-44-29-34(28-42(50)45(44)49)51-39-16-12-10-14-35(39)36-15-11-13-17-40(36)51/h10-29H,1-9H3/i10D,11D,12D,13D,14D,15D,16D,17D. The SMILES string of the molecule is [2H]c1c([2H])c([2H])c2c(c1[2H])c1c([2H])c([2H])c([2H])c([2H])c1n2-c1cc2c3c(c1)N(c1ccc(C(C)(C)C)cc1)c1ccc(C(C)(C)C)cc1B3c1cc(C(C)(C)C)ccc1O2. The van der Waals surface area contributed by atoms with E-state index in [4.69, 9.17) is 13.0 Å². The Labute approximate surface area is 320 Å². The Bertz CT molecular complexity index is 2930. The predicted molar refractivity (Wildman–Crippen MR) is 223 cm³/mol. The van der Waals surface area contributed by atoms with Gasteiger partial charge in [-0.1, -0.05) is 135 Å². The number of hydrogen-bond donors (Lipinski definition) is 0. The first-order valence-corrected chi connectivity index (χ1v) is 18.1. The van der Waals surface area contributed by atoms with Crippen molar-refractivity contribution in [3.63, 3.8) is 0 Å². The minimum Gasteiger partial charge on any atom is -0.458 e. The van der Waals surface area contributed by atoms with Crippen LogP contribution in [0.2, 0.25) is 0 Å². The van der Waals surface area contributed by atoms with Crippen LogP contribution in [0.25, 0.3) is 27.5 Å². The lowest BCUT2D eigenvalue weighted by molar-refractivity contribution is 0.486. The second-order valence-corrected chi connectivity index (χ2v) is 17.4. The van der Waals surface area contributed by atoms with Gasteiger partial charge in [-0.25, -0.2) is 0 Å². The summed E-state index contributed by atoms with van der Waals surface area (Å²) >= 11 is 0. The average molecular weight is 687 g/mol. The van der Waals surface area contributed by atoms with Crippen LogP contribution in [0.5, 0.6) is 11.5 Å². The quantitative estimate of drug-likeness (QED) is 0.168. The fraction of sp³-hybridized carbons (Fsp3) is 0.250. The zero-order valence-corrected chi connectivity index (χ0v) is 31.3. The molecular formula is C48H47BN2O. The van der Waals surface area contributed by atoms with E-state index in [0.717, 1.165) is 33.5 Å². The fourth-order valence-corrected chi connectivity index (χ4v) is 7.87. The van der Waals surface area contributed by atoms with Gasteiger partial charge >= 0.3 is 0 Å². The molecule has 0 spiro atoms.